The zero-order chi connectivity index (χ0) is 10.1. The highest BCUT2D eigenvalue weighted by Gasteiger charge is 2.09. The normalized spacial score (nSPS) is 10.1. The van der Waals surface area contributed by atoms with Crippen molar-refractivity contribution in [2.24, 2.45) is 0 Å². The summed E-state index contributed by atoms with van der Waals surface area (Å²) >= 11 is 0. The number of rotatable bonds is 1. The summed E-state index contributed by atoms with van der Waals surface area (Å²) < 4.78 is 0. The van der Waals surface area contributed by atoms with Crippen molar-refractivity contribution in [2.75, 3.05) is 19.0 Å². The second-order valence-corrected chi connectivity index (χ2v) is 3.26. The number of aromatic amines is 1. The van der Waals surface area contributed by atoms with Crippen molar-refractivity contribution >= 4 is 16.7 Å². The average molecular weight is 186 g/mol. The summed E-state index contributed by atoms with van der Waals surface area (Å²) in [7, 11) is 3.89. The summed E-state index contributed by atoms with van der Waals surface area (Å²) in [5, 5.41) is 9.80. The lowest BCUT2D eigenvalue weighted by Crippen LogP contribution is -2.09. The van der Waals surface area contributed by atoms with Gasteiger partial charge in [0.2, 0.25) is 0 Å². The van der Waals surface area contributed by atoms with Crippen molar-refractivity contribution in [1.82, 2.24) is 9.97 Å². The van der Waals surface area contributed by atoms with Crippen LogP contribution < -0.4 is 4.90 Å². The second kappa shape index (κ2) is 3.04. The van der Waals surface area contributed by atoms with Crippen LogP contribution in [0.15, 0.2) is 18.5 Å². The Morgan fingerprint density at radius 1 is 1.50 bits per heavy atom. The Bertz CT molecular complexity index is 504. The molecule has 70 valence electrons. The molecular formula is C10H10N4. The number of nitrogens with zero attached hydrogens (tertiary/aromatic N) is 3. The molecule has 2 rings (SSSR count). The topological polar surface area (TPSA) is 55.7 Å². The van der Waals surface area contributed by atoms with E-state index in [2.05, 4.69) is 16.0 Å². The van der Waals surface area contributed by atoms with Crippen LogP contribution in [0.4, 0.5) is 5.69 Å². The Morgan fingerprint density at radius 2 is 2.29 bits per heavy atom. The van der Waals surface area contributed by atoms with E-state index in [1.807, 2.05) is 25.1 Å². The molecule has 0 atom stereocenters. The van der Waals surface area contributed by atoms with Crippen molar-refractivity contribution in [3.8, 4) is 6.07 Å². The number of pyridine rings is 1. The Kier molecular flexibility index (Phi) is 1.86. The van der Waals surface area contributed by atoms with Crippen LogP contribution in [0, 0.1) is 11.3 Å². The van der Waals surface area contributed by atoms with Crippen LogP contribution in [0.5, 0.6) is 0 Å². The quantitative estimate of drug-likeness (QED) is 0.734. The zero-order valence-corrected chi connectivity index (χ0v) is 8.07. The fraction of sp³-hybridized carbons (Fsp3) is 0.200. The smallest absolute Gasteiger partial charge is 0.140 e. The Labute approximate surface area is 81.8 Å². The first-order chi connectivity index (χ1) is 6.74. The summed E-state index contributed by atoms with van der Waals surface area (Å²) in [5.74, 6) is 0. The van der Waals surface area contributed by atoms with E-state index < -0.39 is 0 Å². The maximum atomic E-state index is 8.91. The number of nitriles is 1. The van der Waals surface area contributed by atoms with Gasteiger partial charge in [-0.15, -0.1) is 0 Å². The number of H-pyrrole nitrogens is 1. The molecule has 0 aromatic carbocycles. The third kappa shape index (κ3) is 1.11. The highest BCUT2D eigenvalue weighted by molar-refractivity contribution is 5.94. The predicted octanol–water partition coefficient (Wildman–Crippen LogP) is 1.50. The lowest BCUT2D eigenvalue weighted by molar-refractivity contribution is 1.14. The highest BCUT2D eigenvalue weighted by atomic mass is 15.1. The van der Waals surface area contributed by atoms with E-state index in [1.54, 1.807) is 12.4 Å². The first-order valence-electron chi connectivity index (χ1n) is 4.27. The SMILES string of the molecule is CN(C)c1ccnc2[nH]cc(C#N)c12. The molecule has 14 heavy (non-hydrogen) atoms. The first-order valence-corrected chi connectivity index (χ1v) is 4.27. The molecule has 0 aliphatic rings. The average Bonchev–Trinajstić information content (AvgIpc) is 2.59. The van der Waals surface area contributed by atoms with E-state index in [0.29, 0.717) is 5.56 Å². The summed E-state index contributed by atoms with van der Waals surface area (Å²) in [4.78, 5) is 9.10. The molecule has 0 saturated heterocycles. The van der Waals surface area contributed by atoms with E-state index in [9.17, 15) is 0 Å². The third-order valence-electron chi connectivity index (χ3n) is 2.15. The minimum atomic E-state index is 0.636. The molecule has 4 nitrogen and oxygen atoms in total. The van der Waals surface area contributed by atoms with Crippen molar-refractivity contribution in [3.63, 3.8) is 0 Å². The van der Waals surface area contributed by atoms with Gasteiger partial charge >= 0.3 is 0 Å². The highest BCUT2D eigenvalue weighted by Crippen LogP contribution is 2.26. The summed E-state index contributed by atoms with van der Waals surface area (Å²) in [5.41, 5.74) is 2.40. The number of aromatic nitrogens is 2. The zero-order valence-electron chi connectivity index (χ0n) is 8.07. The van der Waals surface area contributed by atoms with Gasteiger partial charge in [0, 0.05) is 26.5 Å². The number of nitrogens with one attached hydrogen (secondary N) is 1. The molecule has 0 saturated carbocycles. The maximum Gasteiger partial charge on any atom is 0.140 e. The summed E-state index contributed by atoms with van der Waals surface area (Å²) in [6, 6.07) is 4.05. The van der Waals surface area contributed by atoms with E-state index in [4.69, 9.17) is 5.26 Å². The molecule has 0 spiro atoms. The largest absolute Gasteiger partial charge is 0.377 e. The molecule has 1 N–H and O–H groups in total. The maximum absolute atomic E-state index is 8.91. The Balaban J connectivity index is 2.83. The molecule has 0 radical (unpaired) electrons. The molecular weight excluding hydrogens is 176 g/mol. The molecule has 0 bridgehead atoms. The Morgan fingerprint density at radius 3 is 2.93 bits per heavy atom. The van der Waals surface area contributed by atoms with Crippen molar-refractivity contribution in [2.45, 2.75) is 0 Å². The third-order valence-corrected chi connectivity index (χ3v) is 2.15. The van der Waals surface area contributed by atoms with Crippen LogP contribution in [-0.4, -0.2) is 24.1 Å². The number of hydrogen-bond donors (Lipinski definition) is 1. The van der Waals surface area contributed by atoms with E-state index in [0.717, 1.165) is 16.7 Å². The summed E-state index contributed by atoms with van der Waals surface area (Å²) in [6.07, 6.45) is 3.42. The molecule has 0 aliphatic heterocycles. The predicted molar refractivity (Wildman–Crippen MR) is 55.1 cm³/mol. The van der Waals surface area contributed by atoms with Gasteiger partial charge in [-0.2, -0.15) is 5.26 Å². The Hall–Kier alpha value is -2.02. The second-order valence-electron chi connectivity index (χ2n) is 3.26. The van der Waals surface area contributed by atoms with Gasteiger partial charge in [0.25, 0.3) is 0 Å². The van der Waals surface area contributed by atoms with Gasteiger partial charge in [0.1, 0.15) is 11.7 Å². The molecule has 0 fully saturated rings. The lowest BCUT2D eigenvalue weighted by atomic mass is 10.2. The van der Waals surface area contributed by atoms with E-state index >= 15 is 0 Å². The van der Waals surface area contributed by atoms with Gasteiger partial charge in [-0.25, -0.2) is 4.98 Å². The minimum Gasteiger partial charge on any atom is -0.377 e. The van der Waals surface area contributed by atoms with E-state index in [-0.39, 0.29) is 0 Å². The lowest BCUT2D eigenvalue weighted by Gasteiger charge is -2.13. The fourth-order valence-electron chi connectivity index (χ4n) is 1.50. The van der Waals surface area contributed by atoms with E-state index in [1.165, 1.54) is 0 Å². The standard InChI is InChI=1S/C10H10N4/c1-14(2)8-3-4-12-10-9(8)7(5-11)6-13-10/h3-4,6H,1-2H3,(H,12,13). The number of hydrogen-bond acceptors (Lipinski definition) is 3. The van der Waals surface area contributed by atoms with Gasteiger partial charge in [-0.1, -0.05) is 0 Å². The van der Waals surface area contributed by atoms with Crippen LogP contribution in [0.2, 0.25) is 0 Å². The molecule has 2 aromatic heterocycles. The van der Waals surface area contributed by atoms with Gasteiger partial charge < -0.3 is 9.88 Å². The fourth-order valence-corrected chi connectivity index (χ4v) is 1.50. The number of fused-ring (bicyclic) bond motifs is 1. The van der Waals surface area contributed by atoms with Crippen molar-refractivity contribution in [3.05, 3.63) is 24.0 Å². The summed E-state index contributed by atoms with van der Waals surface area (Å²) in [6.45, 7) is 0. The van der Waals surface area contributed by atoms with Gasteiger partial charge in [-0.3, -0.25) is 0 Å². The molecule has 2 aromatic rings. The van der Waals surface area contributed by atoms with Crippen molar-refractivity contribution in [1.29, 1.82) is 5.26 Å². The van der Waals surface area contributed by atoms with Gasteiger partial charge in [-0.05, 0) is 6.07 Å². The van der Waals surface area contributed by atoms with Crippen LogP contribution in [0.3, 0.4) is 0 Å². The van der Waals surface area contributed by atoms with Crippen LogP contribution in [0.25, 0.3) is 11.0 Å². The number of anilines is 1. The van der Waals surface area contributed by atoms with Crippen LogP contribution in [0.1, 0.15) is 5.56 Å². The molecule has 2 heterocycles. The minimum absolute atomic E-state index is 0.636. The van der Waals surface area contributed by atoms with Crippen LogP contribution in [-0.2, 0) is 0 Å². The van der Waals surface area contributed by atoms with Crippen molar-refractivity contribution < 1.29 is 0 Å². The van der Waals surface area contributed by atoms with Crippen LogP contribution >= 0.6 is 0 Å². The first kappa shape index (κ1) is 8.57. The molecule has 0 unspecified atom stereocenters. The van der Waals surface area contributed by atoms with Gasteiger partial charge in [0.05, 0.1) is 16.6 Å². The molecule has 0 amide bonds. The van der Waals surface area contributed by atoms with Gasteiger partial charge in [0.15, 0.2) is 0 Å². The monoisotopic (exact) mass is 186 g/mol. The molecule has 4 heteroatoms. The molecule has 0 aliphatic carbocycles.